The average Bonchev–Trinajstić information content (AvgIpc) is 2.52. The molecule has 0 atom stereocenters. The summed E-state index contributed by atoms with van der Waals surface area (Å²) < 4.78 is 0. The lowest BCUT2D eigenvalue weighted by atomic mass is 9.92. The standard InChI is InChI=1S/C17H32N4O/c1-5-19-15(22)17(2,3)13-21-16(18-4)20-12-11-14-9-7-6-8-10-14/h9H,5-8,10-13H2,1-4H3,(H,19,22)(H2,18,20,21). The maximum Gasteiger partial charge on any atom is 0.227 e. The highest BCUT2D eigenvalue weighted by Gasteiger charge is 2.27. The van der Waals surface area contributed by atoms with E-state index in [1.54, 1.807) is 12.6 Å². The minimum absolute atomic E-state index is 0.0605. The number of carbonyl (C=O) groups is 1. The topological polar surface area (TPSA) is 65.5 Å². The van der Waals surface area contributed by atoms with Crippen molar-refractivity contribution in [2.24, 2.45) is 10.4 Å². The Morgan fingerprint density at radius 3 is 2.64 bits per heavy atom. The van der Waals surface area contributed by atoms with Gasteiger partial charge in [0.2, 0.25) is 5.91 Å². The van der Waals surface area contributed by atoms with E-state index in [0.29, 0.717) is 13.1 Å². The van der Waals surface area contributed by atoms with E-state index in [9.17, 15) is 4.79 Å². The Bertz CT molecular complexity index is 413. The summed E-state index contributed by atoms with van der Waals surface area (Å²) in [6.45, 7) is 7.90. The minimum atomic E-state index is -0.459. The van der Waals surface area contributed by atoms with Crippen LogP contribution in [0.3, 0.4) is 0 Å². The first-order valence-electron chi connectivity index (χ1n) is 8.40. The minimum Gasteiger partial charge on any atom is -0.356 e. The Labute approximate surface area is 135 Å². The van der Waals surface area contributed by atoms with E-state index < -0.39 is 5.41 Å². The van der Waals surface area contributed by atoms with Crippen LogP contribution >= 0.6 is 0 Å². The molecule has 0 saturated heterocycles. The van der Waals surface area contributed by atoms with Gasteiger partial charge in [-0.25, -0.2) is 0 Å². The molecule has 3 N–H and O–H groups in total. The number of rotatable bonds is 7. The maximum atomic E-state index is 12.0. The molecule has 0 aromatic heterocycles. The zero-order valence-corrected chi connectivity index (χ0v) is 14.6. The lowest BCUT2D eigenvalue weighted by Crippen LogP contribution is -2.48. The van der Waals surface area contributed by atoms with E-state index in [1.807, 2.05) is 20.8 Å². The molecule has 1 aliphatic rings. The zero-order chi connectivity index (χ0) is 16.4. The first-order valence-corrected chi connectivity index (χ1v) is 8.40. The van der Waals surface area contributed by atoms with Crippen molar-refractivity contribution in [1.82, 2.24) is 16.0 Å². The quantitative estimate of drug-likeness (QED) is 0.384. The Morgan fingerprint density at radius 1 is 1.27 bits per heavy atom. The van der Waals surface area contributed by atoms with Crippen molar-refractivity contribution in [2.45, 2.75) is 52.9 Å². The molecule has 0 radical (unpaired) electrons. The fourth-order valence-corrected chi connectivity index (χ4v) is 2.48. The summed E-state index contributed by atoms with van der Waals surface area (Å²) in [6, 6.07) is 0. The normalized spacial score (nSPS) is 16.0. The van der Waals surface area contributed by atoms with Crippen LogP contribution < -0.4 is 16.0 Å². The van der Waals surface area contributed by atoms with E-state index in [4.69, 9.17) is 0 Å². The molecule has 0 unspecified atom stereocenters. The Hall–Kier alpha value is -1.52. The molecule has 0 aliphatic heterocycles. The SMILES string of the molecule is CCNC(=O)C(C)(C)CNC(=NC)NCCC1=CCCCC1. The highest BCUT2D eigenvalue weighted by Crippen LogP contribution is 2.19. The van der Waals surface area contributed by atoms with Gasteiger partial charge >= 0.3 is 0 Å². The largest absolute Gasteiger partial charge is 0.356 e. The molecule has 5 heteroatoms. The van der Waals surface area contributed by atoms with Gasteiger partial charge in [0.1, 0.15) is 0 Å². The summed E-state index contributed by atoms with van der Waals surface area (Å²) in [5.41, 5.74) is 1.09. The molecule has 0 spiro atoms. The van der Waals surface area contributed by atoms with Crippen molar-refractivity contribution in [1.29, 1.82) is 0 Å². The number of hydrogen-bond donors (Lipinski definition) is 3. The van der Waals surface area contributed by atoms with Crippen molar-refractivity contribution in [3.8, 4) is 0 Å². The number of nitrogens with zero attached hydrogens (tertiary/aromatic N) is 1. The van der Waals surface area contributed by atoms with Crippen molar-refractivity contribution in [2.75, 3.05) is 26.7 Å². The van der Waals surface area contributed by atoms with Gasteiger partial charge in [0, 0.05) is 26.7 Å². The molecule has 0 fully saturated rings. The molecule has 22 heavy (non-hydrogen) atoms. The fourth-order valence-electron chi connectivity index (χ4n) is 2.48. The zero-order valence-electron chi connectivity index (χ0n) is 14.6. The molecule has 0 heterocycles. The van der Waals surface area contributed by atoms with E-state index in [-0.39, 0.29) is 5.91 Å². The van der Waals surface area contributed by atoms with E-state index >= 15 is 0 Å². The van der Waals surface area contributed by atoms with Gasteiger partial charge in [0.05, 0.1) is 5.41 Å². The van der Waals surface area contributed by atoms with Crippen LogP contribution in [0, 0.1) is 5.41 Å². The van der Waals surface area contributed by atoms with E-state index in [0.717, 1.165) is 18.9 Å². The summed E-state index contributed by atoms with van der Waals surface area (Å²) in [7, 11) is 1.76. The number of amides is 1. The molecule has 0 aromatic carbocycles. The van der Waals surface area contributed by atoms with E-state index in [1.165, 1.54) is 25.7 Å². The van der Waals surface area contributed by atoms with E-state index in [2.05, 4.69) is 27.0 Å². The summed E-state index contributed by atoms with van der Waals surface area (Å²) >= 11 is 0. The third-order valence-corrected chi connectivity index (χ3v) is 4.00. The van der Waals surface area contributed by atoms with Gasteiger partial charge < -0.3 is 16.0 Å². The first kappa shape index (κ1) is 18.5. The second-order valence-electron chi connectivity index (χ2n) is 6.45. The fraction of sp³-hybridized carbons (Fsp3) is 0.765. The molecule has 0 aromatic rings. The number of hydrogen-bond acceptors (Lipinski definition) is 2. The monoisotopic (exact) mass is 308 g/mol. The predicted molar refractivity (Wildman–Crippen MR) is 93.0 cm³/mol. The molecular formula is C17H32N4O. The number of allylic oxidation sites excluding steroid dienone is 1. The number of guanidine groups is 1. The number of nitrogens with one attached hydrogen (secondary N) is 3. The summed E-state index contributed by atoms with van der Waals surface area (Å²) in [5.74, 6) is 0.819. The van der Waals surface area contributed by atoms with Crippen molar-refractivity contribution < 1.29 is 4.79 Å². The molecule has 1 rings (SSSR count). The Morgan fingerprint density at radius 2 is 2.05 bits per heavy atom. The third kappa shape index (κ3) is 6.50. The van der Waals surface area contributed by atoms with Gasteiger partial charge in [0.15, 0.2) is 5.96 Å². The highest BCUT2D eigenvalue weighted by molar-refractivity contribution is 5.84. The van der Waals surface area contributed by atoms with Crippen LogP contribution in [-0.4, -0.2) is 38.5 Å². The second kappa shape index (κ2) is 9.49. The smallest absolute Gasteiger partial charge is 0.227 e. The summed E-state index contributed by atoms with van der Waals surface area (Å²) in [4.78, 5) is 16.2. The highest BCUT2D eigenvalue weighted by atomic mass is 16.2. The summed E-state index contributed by atoms with van der Waals surface area (Å²) in [6.07, 6.45) is 8.55. The lowest BCUT2D eigenvalue weighted by Gasteiger charge is -2.25. The van der Waals surface area contributed by atoms with Gasteiger partial charge in [-0.2, -0.15) is 0 Å². The molecular weight excluding hydrogens is 276 g/mol. The van der Waals surface area contributed by atoms with Crippen LogP contribution in [0.4, 0.5) is 0 Å². The van der Waals surface area contributed by atoms with Crippen LogP contribution in [0.1, 0.15) is 52.9 Å². The average molecular weight is 308 g/mol. The van der Waals surface area contributed by atoms with Gasteiger partial charge in [-0.15, -0.1) is 0 Å². The van der Waals surface area contributed by atoms with Crippen LogP contribution in [0.2, 0.25) is 0 Å². The molecule has 1 aliphatic carbocycles. The Balaban J connectivity index is 2.32. The Kier molecular flexibility index (Phi) is 7.99. The molecule has 5 nitrogen and oxygen atoms in total. The lowest BCUT2D eigenvalue weighted by molar-refractivity contribution is -0.128. The van der Waals surface area contributed by atoms with Gasteiger partial charge in [-0.05, 0) is 52.9 Å². The van der Waals surface area contributed by atoms with Gasteiger partial charge in [-0.1, -0.05) is 11.6 Å². The van der Waals surface area contributed by atoms with Crippen molar-refractivity contribution in [3.05, 3.63) is 11.6 Å². The van der Waals surface area contributed by atoms with Crippen molar-refractivity contribution in [3.63, 3.8) is 0 Å². The van der Waals surface area contributed by atoms with Crippen LogP contribution in [0.15, 0.2) is 16.6 Å². The maximum absolute atomic E-state index is 12.0. The van der Waals surface area contributed by atoms with Gasteiger partial charge in [0.25, 0.3) is 0 Å². The van der Waals surface area contributed by atoms with Crippen LogP contribution in [0.5, 0.6) is 0 Å². The third-order valence-electron chi connectivity index (χ3n) is 4.00. The molecule has 126 valence electrons. The number of carbonyl (C=O) groups excluding carboxylic acids is 1. The summed E-state index contributed by atoms with van der Waals surface area (Å²) in [5, 5.41) is 9.44. The van der Waals surface area contributed by atoms with Crippen LogP contribution in [-0.2, 0) is 4.79 Å². The predicted octanol–water partition coefficient (Wildman–Crippen LogP) is 2.20. The number of aliphatic imine (C=N–C) groups is 1. The second-order valence-corrected chi connectivity index (χ2v) is 6.45. The first-order chi connectivity index (χ1) is 10.5. The van der Waals surface area contributed by atoms with Crippen LogP contribution in [0.25, 0.3) is 0 Å². The van der Waals surface area contributed by atoms with Gasteiger partial charge in [-0.3, -0.25) is 9.79 Å². The van der Waals surface area contributed by atoms with Crippen molar-refractivity contribution >= 4 is 11.9 Å². The molecule has 0 bridgehead atoms. The molecule has 0 saturated carbocycles. The molecule has 1 amide bonds.